The van der Waals surface area contributed by atoms with Gasteiger partial charge in [-0.15, -0.1) is 0 Å². The maximum Gasteiger partial charge on any atom is 0.412 e. The van der Waals surface area contributed by atoms with Gasteiger partial charge in [-0.1, -0.05) is 0 Å². The predicted octanol–water partition coefficient (Wildman–Crippen LogP) is 3.85. The number of pyridine rings is 1. The Hall–Kier alpha value is -3.43. The number of carbonyl (C=O) groups excluding carboxylic acids is 1. The summed E-state index contributed by atoms with van der Waals surface area (Å²) in [4.78, 5) is 25.8. The summed E-state index contributed by atoms with van der Waals surface area (Å²) in [6.45, 7) is 4.99. The molecule has 0 aliphatic heterocycles. The molecule has 0 unspecified atom stereocenters. The second-order valence-corrected chi connectivity index (χ2v) is 6.17. The number of nitrogen functional groups attached to an aromatic ring is 1. The second kappa shape index (κ2) is 7.21. The molecule has 0 aliphatic carbocycles. The van der Waals surface area contributed by atoms with Crippen LogP contribution in [0.15, 0.2) is 30.5 Å². The van der Waals surface area contributed by atoms with E-state index >= 15 is 0 Å². The standard InChI is InChI=1S/C16H17FN4O5/c1-16(2,3)26-15(22)20-11-8-9(4-5-10(11)17)25-12-6-7-19-14(18)13(12)21(23)24/h4-8H,1-3H3,(H2,18,19)(H,20,22). The molecule has 138 valence electrons. The highest BCUT2D eigenvalue weighted by atomic mass is 19.1. The van der Waals surface area contributed by atoms with Crippen LogP contribution in [-0.2, 0) is 4.74 Å². The maximum absolute atomic E-state index is 13.9. The molecule has 1 heterocycles. The van der Waals surface area contributed by atoms with E-state index in [-0.39, 0.29) is 23.0 Å². The number of nitrogens with zero attached hydrogens (tertiary/aromatic N) is 2. The zero-order chi connectivity index (χ0) is 19.5. The van der Waals surface area contributed by atoms with Gasteiger partial charge in [0.1, 0.15) is 17.2 Å². The number of aromatic nitrogens is 1. The molecule has 0 bridgehead atoms. The molecule has 9 nitrogen and oxygen atoms in total. The van der Waals surface area contributed by atoms with Crippen LogP contribution in [-0.4, -0.2) is 21.6 Å². The average Bonchev–Trinajstić information content (AvgIpc) is 2.48. The Morgan fingerprint density at radius 1 is 1.35 bits per heavy atom. The van der Waals surface area contributed by atoms with E-state index in [4.69, 9.17) is 15.2 Å². The lowest BCUT2D eigenvalue weighted by Gasteiger charge is -2.20. The highest BCUT2D eigenvalue weighted by Gasteiger charge is 2.22. The molecule has 1 aromatic carbocycles. The minimum Gasteiger partial charge on any atom is -0.450 e. The van der Waals surface area contributed by atoms with E-state index in [1.807, 2.05) is 0 Å². The van der Waals surface area contributed by atoms with Crippen LogP contribution in [0.5, 0.6) is 11.5 Å². The number of amides is 1. The zero-order valence-corrected chi connectivity index (χ0v) is 14.3. The number of anilines is 2. The molecule has 0 saturated carbocycles. The second-order valence-electron chi connectivity index (χ2n) is 6.17. The lowest BCUT2D eigenvalue weighted by atomic mass is 10.2. The minimum absolute atomic E-state index is 0.0474. The lowest BCUT2D eigenvalue weighted by molar-refractivity contribution is -0.384. The molecule has 1 amide bonds. The molecule has 10 heteroatoms. The summed E-state index contributed by atoms with van der Waals surface area (Å²) in [5, 5.41) is 13.4. The van der Waals surface area contributed by atoms with E-state index in [1.54, 1.807) is 20.8 Å². The Balaban J connectivity index is 2.27. The van der Waals surface area contributed by atoms with Gasteiger partial charge in [-0.25, -0.2) is 14.2 Å². The smallest absolute Gasteiger partial charge is 0.412 e. The van der Waals surface area contributed by atoms with Gasteiger partial charge >= 0.3 is 11.8 Å². The first-order chi connectivity index (χ1) is 12.1. The van der Waals surface area contributed by atoms with Gasteiger partial charge in [-0.05, 0) is 32.9 Å². The largest absolute Gasteiger partial charge is 0.450 e. The molecule has 0 atom stereocenters. The Bertz CT molecular complexity index is 851. The first-order valence-electron chi connectivity index (χ1n) is 7.43. The van der Waals surface area contributed by atoms with Crippen LogP contribution in [0.2, 0.25) is 0 Å². The van der Waals surface area contributed by atoms with Gasteiger partial charge in [0, 0.05) is 18.3 Å². The number of hydrogen-bond acceptors (Lipinski definition) is 7. The summed E-state index contributed by atoms with van der Waals surface area (Å²) < 4.78 is 24.4. The SMILES string of the molecule is CC(C)(C)OC(=O)Nc1cc(Oc2ccnc(N)c2[N+](=O)[O-])ccc1F. The summed E-state index contributed by atoms with van der Waals surface area (Å²) >= 11 is 0. The summed E-state index contributed by atoms with van der Waals surface area (Å²) in [6, 6.07) is 4.70. The topological polar surface area (TPSA) is 130 Å². The lowest BCUT2D eigenvalue weighted by Crippen LogP contribution is -2.27. The minimum atomic E-state index is -0.854. The summed E-state index contributed by atoms with van der Waals surface area (Å²) in [5.74, 6) is -1.17. The molecule has 26 heavy (non-hydrogen) atoms. The third kappa shape index (κ3) is 4.79. The van der Waals surface area contributed by atoms with Gasteiger partial charge in [-0.3, -0.25) is 15.4 Å². The Morgan fingerprint density at radius 2 is 2.04 bits per heavy atom. The number of halogens is 1. The van der Waals surface area contributed by atoms with Crippen LogP contribution >= 0.6 is 0 Å². The van der Waals surface area contributed by atoms with Crippen molar-refractivity contribution in [2.75, 3.05) is 11.1 Å². The molecule has 2 aromatic rings. The monoisotopic (exact) mass is 364 g/mol. The third-order valence-corrected chi connectivity index (χ3v) is 2.90. The number of ether oxygens (including phenoxy) is 2. The van der Waals surface area contributed by atoms with Crippen molar-refractivity contribution >= 4 is 23.3 Å². The van der Waals surface area contributed by atoms with Gasteiger partial charge in [-0.2, -0.15) is 0 Å². The molecule has 3 N–H and O–H groups in total. The third-order valence-electron chi connectivity index (χ3n) is 2.90. The fourth-order valence-corrected chi connectivity index (χ4v) is 1.92. The van der Waals surface area contributed by atoms with Crippen LogP contribution in [0.3, 0.4) is 0 Å². The zero-order valence-electron chi connectivity index (χ0n) is 14.3. The summed E-state index contributed by atoms with van der Waals surface area (Å²) in [7, 11) is 0. The maximum atomic E-state index is 13.9. The molecular weight excluding hydrogens is 347 g/mol. The van der Waals surface area contributed by atoms with Crippen molar-refractivity contribution in [3.8, 4) is 11.5 Å². The van der Waals surface area contributed by atoms with Crippen molar-refractivity contribution in [1.29, 1.82) is 0 Å². The molecule has 1 aromatic heterocycles. The Morgan fingerprint density at radius 3 is 2.65 bits per heavy atom. The Labute approximate surface area is 148 Å². The number of nitrogens with one attached hydrogen (secondary N) is 1. The fourth-order valence-electron chi connectivity index (χ4n) is 1.92. The first-order valence-corrected chi connectivity index (χ1v) is 7.43. The number of nitro groups is 1. The summed E-state index contributed by atoms with van der Waals surface area (Å²) in [5.41, 5.74) is 4.01. The molecule has 0 aliphatic rings. The number of carbonyl (C=O) groups is 1. The van der Waals surface area contributed by atoms with E-state index in [9.17, 15) is 19.3 Å². The van der Waals surface area contributed by atoms with Crippen molar-refractivity contribution in [2.24, 2.45) is 0 Å². The molecule has 0 saturated heterocycles. The van der Waals surface area contributed by atoms with Gasteiger partial charge in [0.05, 0.1) is 10.6 Å². The van der Waals surface area contributed by atoms with Crippen molar-refractivity contribution in [3.05, 3.63) is 46.4 Å². The van der Waals surface area contributed by atoms with E-state index in [0.717, 1.165) is 6.07 Å². The predicted molar refractivity (Wildman–Crippen MR) is 91.6 cm³/mol. The van der Waals surface area contributed by atoms with Crippen LogP contribution in [0.4, 0.5) is 26.4 Å². The number of nitrogens with two attached hydrogens (primary N) is 1. The molecule has 0 spiro atoms. The molecule has 0 radical (unpaired) electrons. The quantitative estimate of drug-likeness (QED) is 0.622. The number of hydrogen-bond donors (Lipinski definition) is 2. The van der Waals surface area contributed by atoms with Crippen LogP contribution in [0.25, 0.3) is 0 Å². The van der Waals surface area contributed by atoms with Gasteiger partial charge in [0.15, 0.2) is 0 Å². The number of benzene rings is 1. The van der Waals surface area contributed by atoms with E-state index in [2.05, 4.69) is 10.3 Å². The average molecular weight is 364 g/mol. The number of rotatable bonds is 4. The molecular formula is C16H17FN4O5. The van der Waals surface area contributed by atoms with Crippen LogP contribution in [0.1, 0.15) is 20.8 Å². The van der Waals surface area contributed by atoms with Crippen LogP contribution in [0, 0.1) is 15.9 Å². The van der Waals surface area contributed by atoms with Crippen LogP contribution < -0.4 is 15.8 Å². The summed E-state index contributed by atoms with van der Waals surface area (Å²) in [6.07, 6.45) is 0.383. The van der Waals surface area contributed by atoms with E-state index in [0.29, 0.717) is 0 Å². The van der Waals surface area contributed by atoms with Crippen molar-refractivity contribution in [3.63, 3.8) is 0 Å². The highest BCUT2D eigenvalue weighted by molar-refractivity contribution is 5.85. The molecule has 0 fully saturated rings. The Kier molecular flexibility index (Phi) is 5.24. The van der Waals surface area contributed by atoms with Crippen molar-refractivity contribution < 1.29 is 23.6 Å². The van der Waals surface area contributed by atoms with Gasteiger partial charge < -0.3 is 15.2 Å². The van der Waals surface area contributed by atoms with Gasteiger partial charge in [0.2, 0.25) is 11.6 Å². The van der Waals surface area contributed by atoms with E-state index < -0.39 is 28.1 Å². The molecule has 2 rings (SSSR count). The van der Waals surface area contributed by atoms with E-state index in [1.165, 1.54) is 24.4 Å². The normalized spacial score (nSPS) is 10.9. The highest BCUT2D eigenvalue weighted by Crippen LogP contribution is 2.35. The first kappa shape index (κ1) is 18.9. The van der Waals surface area contributed by atoms with Crippen molar-refractivity contribution in [2.45, 2.75) is 26.4 Å². The van der Waals surface area contributed by atoms with Gasteiger partial charge in [0.25, 0.3) is 0 Å². The van der Waals surface area contributed by atoms with Crippen molar-refractivity contribution in [1.82, 2.24) is 4.98 Å². The fraction of sp³-hybridized carbons (Fsp3) is 0.250.